The van der Waals surface area contributed by atoms with Crippen molar-refractivity contribution < 1.29 is 19.4 Å². The smallest absolute Gasteiger partial charge is 0.407 e. The lowest BCUT2D eigenvalue weighted by Gasteiger charge is -2.47. The summed E-state index contributed by atoms with van der Waals surface area (Å²) < 4.78 is 10.8. The minimum Gasteiger partial charge on any atom is -0.465 e. The van der Waals surface area contributed by atoms with Gasteiger partial charge >= 0.3 is 6.09 Å². The van der Waals surface area contributed by atoms with E-state index in [0.29, 0.717) is 19.7 Å². The Morgan fingerprint density at radius 1 is 1.69 bits per heavy atom. The number of hydrogen-bond donors (Lipinski definition) is 1. The third-order valence-electron chi connectivity index (χ3n) is 2.83. The van der Waals surface area contributed by atoms with Gasteiger partial charge in [-0.05, 0) is 6.42 Å². The van der Waals surface area contributed by atoms with Gasteiger partial charge in [-0.15, -0.1) is 0 Å². The summed E-state index contributed by atoms with van der Waals surface area (Å²) in [7, 11) is 1.64. The van der Waals surface area contributed by atoms with Crippen molar-refractivity contribution in [3.63, 3.8) is 0 Å². The molecule has 5 heteroatoms. The van der Waals surface area contributed by atoms with Crippen molar-refractivity contribution in [1.82, 2.24) is 4.90 Å². The van der Waals surface area contributed by atoms with Gasteiger partial charge in [-0.25, -0.2) is 4.79 Å². The van der Waals surface area contributed by atoms with E-state index in [4.69, 9.17) is 14.6 Å². The van der Waals surface area contributed by atoms with Crippen LogP contribution in [0.1, 0.15) is 6.42 Å². The maximum Gasteiger partial charge on any atom is 0.407 e. The second-order valence-corrected chi connectivity index (χ2v) is 3.56. The van der Waals surface area contributed by atoms with Gasteiger partial charge in [0.2, 0.25) is 0 Å². The van der Waals surface area contributed by atoms with E-state index >= 15 is 0 Å². The van der Waals surface area contributed by atoms with Crippen LogP contribution in [0, 0.1) is 0 Å². The van der Waals surface area contributed by atoms with E-state index in [9.17, 15) is 4.79 Å². The number of methoxy groups -OCH3 is 1. The summed E-state index contributed by atoms with van der Waals surface area (Å²) in [6.07, 6.45) is 0.0447. The second kappa shape index (κ2) is 2.85. The topological polar surface area (TPSA) is 59.0 Å². The van der Waals surface area contributed by atoms with Crippen LogP contribution >= 0.6 is 0 Å². The summed E-state index contributed by atoms with van der Waals surface area (Å²) in [6.45, 7) is 1.56. The van der Waals surface area contributed by atoms with E-state index in [2.05, 4.69) is 0 Å². The first-order chi connectivity index (χ1) is 6.18. The van der Waals surface area contributed by atoms with E-state index in [-0.39, 0.29) is 11.7 Å². The number of rotatable bonds is 1. The monoisotopic (exact) mass is 187 g/mol. The van der Waals surface area contributed by atoms with Crippen molar-refractivity contribution in [2.45, 2.75) is 18.1 Å². The highest BCUT2D eigenvalue weighted by molar-refractivity contribution is 5.66. The molecule has 2 fully saturated rings. The molecule has 1 N–H and O–H groups in total. The Labute approximate surface area is 76.2 Å². The van der Waals surface area contributed by atoms with E-state index in [0.717, 1.165) is 6.42 Å². The molecule has 2 heterocycles. The zero-order valence-corrected chi connectivity index (χ0v) is 7.52. The van der Waals surface area contributed by atoms with Gasteiger partial charge in [0.1, 0.15) is 5.60 Å². The zero-order chi connectivity index (χ0) is 9.47. The van der Waals surface area contributed by atoms with E-state index < -0.39 is 6.09 Å². The van der Waals surface area contributed by atoms with Crippen LogP contribution in [-0.4, -0.2) is 54.6 Å². The number of nitrogens with zero attached hydrogens (tertiary/aromatic N) is 1. The fourth-order valence-corrected chi connectivity index (χ4v) is 2.09. The molecule has 1 amide bonds. The van der Waals surface area contributed by atoms with Crippen molar-refractivity contribution >= 4 is 6.09 Å². The van der Waals surface area contributed by atoms with Crippen LogP contribution < -0.4 is 0 Å². The molecule has 0 aromatic rings. The molecule has 0 aliphatic carbocycles. The maximum absolute atomic E-state index is 10.5. The largest absolute Gasteiger partial charge is 0.465 e. The van der Waals surface area contributed by atoms with Crippen molar-refractivity contribution in [1.29, 1.82) is 0 Å². The highest BCUT2D eigenvalue weighted by Crippen LogP contribution is 2.36. The Morgan fingerprint density at radius 2 is 2.38 bits per heavy atom. The van der Waals surface area contributed by atoms with Crippen molar-refractivity contribution in [3.8, 4) is 0 Å². The van der Waals surface area contributed by atoms with Gasteiger partial charge in [0, 0.05) is 7.11 Å². The summed E-state index contributed by atoms with van der Waals surface area (Å²) in [5.74, 6) is 0. The maximum atomic E-state index is 10.5. The molecule has 74 valence electrons. The third kappa shape index (κ3) is 1.19. The van der Waals surface area contributed by atoms with Crippen molar-refractivity contribution in [2.75, 3.05) is 26.8 Å². The van der Waals surface area contributed by atoms with Crippen LogP contribution in [0.15, 0.2) is 0 Å². The minimum absolute atomic E-state index is 0.0584. The van der Waals surface area contributed by atoms with Gasteiger partial charge in [0.05, 0.1) is 25.8 Å². The van der Waals surface area contributed by atoms with Gasteiger partial charge in [-0.2, -0.15) is 0 Å². The molecule has 2 aliphatic heterocycles. The predicted molar refractivity (Wildman–Crippen MR) is 43.7 cm³/mol. The molecule has 13 heavy (non-hydrogen) atoms. The fraction of sp³-hybridized carbons (Fsp3) is 0.875. The fourth-order valence-electron chi connectivity index (χ4n) is 2.09. The van der Waals surface area contributed by atoms with Crippen molar-refractivity contribution in [3.05, 3.63) is 0 Å². The molecule has 1 spiro atoms. The van der Waals surface area contributed by atoms with Crippen LogP contribution in [-0.2, 0) is 9.47 Å². The minimum atomic E-state index is -0.879. The molecule has 0 aromatic carbocycles. The lowest BCUT2D eigenvalue weighted by Crippen LogP contribution is -2.67. The molecule has 2 saturated heterocycles. The van der Waals surface area contributed by atoms with E-state index in [1.54, 1.807) is 7.11 Å². The van der Waals surface area contributed by atoms with Crippen LogP contribution in [0.3, 0.4) is 0 Å². The summed E-state index contributed by atoms with van der Waals surface area (Å²) >= 11 is 0. The highest BCUT2D eigenvalue weighted by Gasteiger charge is 2.55. The van der Waals surface area contributed by atoms with Crippen molar-refractivity contribution in [2.24, 2.45) is 0 Å². The first kappa shape index (κ1) is 8.77. The predicted octanol–water partition coefficient (Wildman–Crippen LogP) is 0.154. The number of amides is 1. The molecule has 0 aromatic heterocycles. The Bertz CT molecular complexity index is 224. The molecule has 2 aliphatic rings. The second-order valence-electron chi connectivity index (χ2n) is 3.56. The van der Waals surface area contributed by atoms with Crippen LogP contribution in [0.4, 0.5) is 4.79 Å². The summed E-state index contributed by atoms with van der Waals surface area (Å²) in [6, 6.07) is 0. The Kier molecular flexibility index (Phi) is 1.92. The summed E-state index contributed by atoms with van der Waals surface area (Å²) in [5.41, 5.74) is -0.340. The number of carboxylic acid groups (broad SMARTS) is 1. The molecule has 0 saturated carbocycles. The molecule has 2 rings (SSSR count). The van der Waals surface area contributed by atoms with Crippen LogP contribution in [0.5, 0.6) is 0 Å². The van der Waals surface area contributed by atoms with Gasteiger partial charge in [0.25, 0.3) is 0 Å². The zero-order valence-electron chi connectivity index (χ0n) is 7.52. The first-order valence-corrected chi connectivity index (χ1v) is 4.32. The van der Waals surface area contributed by atoms with Crippen LogP contribution in [0.25, 0.3) is 0 Å². The number of carbonyl (C=O) groups is 1. The molecule has 0 radical (unpaired) electrons. The third-order valence-corrected chi connectivity index (χ3v) is 2.83. The first-order valence-electron chi connectivity index (χ1n) is 4.32. The summed E-state index contributed by atoms with van der Waals surface area (Å²) in [5, 5.41) is 8.67. The van der Waals surface area contributed by atoms with E-state index in [1.807, 2.05) is 0 Å². The van der Waals surface area contributed by atoms with Gasteiger partial charge in [-0.3, -0.25) is 0 Å². The van der Waals surface area contributed by atoms with Crippen LogP contribution in [0.2, 0.25) is 0 Å². The Hall–Kier alpha value is -0.810. The lowest BCUT2D eigenvalue weighted by molar-refractivity contribution is -0.149. The molecule has 0 bridgehead atoms. The van der Waals surface area contributed by atoms with Gasteiger partial charge < -0.3 is 19.5 Å². The molecular weight excluding hydrogens is 174 g/mol. The summed E-state index contributed by atoms with van der Waals surface area (Å²) in [4.78, 5) is 11.9. The number of hydrogen-bond acceptors (Lipinski definition) is 3. The average molecular weight is 187 g/mol. The Morgan fingerprint density at radius 3 is 2.92 bits per heavy atom. The highest BCUT2D eigenvalue weighted by atomic mass is 16.6. The van der Waals surface area contributed by atoms with Gasteiger partial charge in [-0.1, -0.05) is 0 Å². The van der Waals surface area contributed by atoms with E-state index in [1.165, 1.54) is 4.90 Å². The molecule has 0 unspecified atom stereocenters. The normalized spacial score (nSPS) is 30.5. The molecular formula is C8H13NO4. The quantitative estimate of drug-likeness (QED) is 0.635. The molecule has 1 atom stereocenters. The lowest BCUT2D eigenvalue weighted by atomic mass is 9.88. The number of likely N-dealkylation sites (tertiary alicyclic amines) is 1. The Balaban J connectivity index is 1.98. The average Bonchev–Trinajstić information content (AvgIpc) is 2.43. The molecule has 5 nitrogen and oxygen atoms in total. The SMILES string of the molecule is CO[C@H]1CCOC12CN(C(=O)O)C2. The van der Waals surface area contributed by atoms with Gasteiger partial charge in [0.15, 0.2) is 0 Å². The number of ether oxygens (including phenoxy) is 2. The standard InChI is InChI=1S/C8H13NO4/c1-12-6-2-3-13-8(6)4-9(5-8)7(10)11/h6H,2-5H2,1H3,(H,10,11)/t6-/m0/s1.